The van der Waals surface area contributed by atoms with Crippen molar-refractivity contribution in [3.8, 4) is 0 Å². The number of allylic oxidation sites excluding steroid dienone is 2. The van der Waals surface area contributed by atoms with Crippen LogP contribution in [0.2, 0.25) is 0 Å². The third-order valence-electron chi connectivity index (χ3n) is 4.74. The molecule has 3 aliphatic carbocycles. The van der Waals surface area contributed by atoms with Gasteiger partial charge in [-0.3, -0.25) is 9.59 Å². The molecule has 1 amide bonds. The Bertz CT molecular complexity index is 404. The Morgan fingerprint density at radius 3 is 2.50 bits per heavy atom. The van der Waals surface area contributed by atoms with Gasteiger partial charge in [-0.15, -0.1) is 0 Å². The summed E-state index contributed by atoms with van der Waals surface area (Å²) in [5, 5.41) is 12.0. The number of amides is 1. The van der Waals surface area contributed by atoms with Gasteiger partial charge in [0.2, 0.25) is 5.91 Å². The number of hydrogen-bond donors (Lipinski definition) is 2. The molecule has 5 atom stereocenters. The fourth-order valence-electron chi connectivity index (χ4n) is 3.73. The van der Waals surface area contributed by atoms with E-state index in [2.05, 4.69) is 17.5 Å². The maximum absolute atomic E-state index is 12.2. The maximum Gasteiger partial charge on any atom is 0.306 e. The largest absolute Gasteiger partial charge is 0.481 e. The van der Waals surface area contributed by atoms with E-state index in [9.17, 15) is 9.59 Å². The van der Waals surface area contributed by atoms with Crippen molar-refractivity contribution in [2.75, 3.05) is 0 Å². The number of rotatable bonds is 3. The summed E-state index contributed by atoms with van der Waals surface area (Å²) in [6.45, 7) is 0. The molecule has 2 fully saturated rings. The molecule has 0 aromatic carbocycles. The molecular formula is C14H19NO3. The Morgan fingerprint density at radius 1 is 1.11 bits per heavy atom. The van der Waals surface area contributed by atoms with Crippen molar-refractivity contribution >= 4 is 11.9 Å². The second-order valence-corrected chi connectivity index (χ2v) is 5.94. The van der Waals surface area contributed by atoms with E-state index in [0.717, 1.165) is 19.3 Å². The highest BCUT2D eigenvalue weighted by atomic mass is 16.4. The van der Waals surface area contributed by atoms with Gasteiger partial charge in [0.15, 0.2) is 0 Å². The molecule has 0 aromatic heterocycles. The molecule has 2 bridgehead atoms. The standard InChI is InChI=1S/C14H19NO3/c16-13(12-6-8-1-2-9(12)5-8)15-11-4-3-10(7-11)14(17)18/h1-2,8-12H,3-7H2,(H,15,16)(H,17,18)/t8?,9?,10-,11+,12?/m0/s1. The summed E-state index contributed by atoms with van der Waals surface area (Å²) in [6, 6.07) is 0.0710. The van der Waals surface area contributed by atoms with Gasteiger partial charge in [-0.05, 0) is 43.9 Å². The van der Waals surface area contributed by atoms with Crippen LogP contribution in [0, 0.1) is 23.7 Å². The number of carboxylic acids is 1. The van der Waals surface area contributed by atoms with Gasteiger partial charge in [0.05, 0.1) is 5.92 Å². The van der Waals surface area contributed by atoms with Crippen molar-refractivity contribution in [2.45, 2.75) is 38.1 Å². The molecular weight excluding hydrogens is 230 g/mol. The van der Waals surface area contributed by atoms with Gasteiger partial charge >= 0.3 is 5.97 Å². The van der Waals surface area contributed by atoms with E-state index in [-0.39, 0.29) is 23.8 Å². The molecule has 3 rings (SSSR count). The minimum absolute atomic E-state index is 0.0710. The van der Waals surface area contributed by atoms with Crippen LogP contribution in [0.5, 0.6) is 0 Å². The van der Waals surface area contributed by atoms with E-state index >= 15 is 0 Å². The summed E-state index contributed by atoms with van der Waals surface area (Å²) in [6.07, 6.45) is 8.59. The first kappa shape index (κ1) is 11.8. The van der Waals surface area contributed by atoms with Gasteiger partial charge in [0.1, 0.15) is 0 Å². The number of carboxylic acid groups (broad SMARTS) is 1. The van der Waals surface area contributed by atoms with Crippen LogP contribution in [-0.2, 0) is 9.59 Å². The molecule has 4 heteroatoms. The second-order valence-electron chi connectivity index (χ2n) is 5.94. The van der Waals surface area contributed by atoms with Crippen molar-refractivity contribution in [3.05, 3.63) is 12.2 Å². The lowest BCUT2D eigenvalue weighted by Gasteiger charge is -2.20. The first-order valence-electron chi connectivity index (χ1n) is 6.85. The van der Waals surface area contributed by atoms with E-state index in [1.54, 1.807) is 0 Å². The van der Waals surface area contributed by atoms with Gasteiger partial charge < -0.3 is 10.4 Å². The molecule has 4 nitrogen and oxygen atoms in total. The summed E-state index contributed by atoms with van der Waals surface area (Å²) in [7, 11) is 0. The first-order valence-corrected chi connectivity index (χ1v) is 6.85. The van der Waals surface area contributed by atoms with Crippen LogP contribution in [0.15, 0.2) is 12.2 Å². The van der Waals surface area contributed by atoms with Gasteiger partial charge in [0, 0.05) is 12.0 Å². The predicted octanol–water partition coefficient (Wildman–Crippen LogP) is 1.57. The molecule has 0 saturated heterocycles. The number of carbonyl (C=O) groups is 2. The Hall–Kier alpha value is -1.32. The predicted molar refractivity (Wildman–Crippen MR) is 65.8 cm³/mol. The van der Waals surface area contributed by atoms with Crippen LogP contribution in [-0.4, -0.2) is 23.0 Å². The third kappa shape index (κ3) is 2.04. The SMILES string of the molecule is O=C(N[C@@H]1CC[C@H](C(=O)O)C1)C1CC2C=CC1C2. The van der Waals surface area contributed by atoms with Crippen LogP contribution in [0.4, 0.5) is 0 Å². The van der Waals surface area contributed by atoms with Crippen molar-refractivity contribution in [3.63, 3.8) is 0 Å². The number of carbonyl (C=O) groups excluding carboxylic acids is 1. The number of fused-ring (bicyclic) bond motifs is 2. The van der Waals surface area contributed by atoms with E-state index < -0.39 is 5.97 Å². The minimum Gasteiger partial charge on any atom is -0.481 e. The molecule has 2 N–H and O–H groups in total. The minimum atomic E-state index is -0.727. The molecule has 98 valence electrons. The second kappa shape index (κ2) is 4.41. The summed E-state index contributed by atoms with van der Waals surface area (Å²) >= 11 is 0. The lowest BCUT2D eigenvalue weighted by molar-refractivity contribution is -0.141. The highest BCUT2D eigenvalue weighted by Crippen LogP contribution is 2.43. The van der Waals surface area contributed by atoms with Crippen LogP contribution in [0.3, 0.4) is 0 Å². The molecule has 0 radical (unpaired) electrons. The Morgan fingerprint density at radius 2 is 1.94 bits per heavy atom. The fraction of sp³-hybridized carbons (Fsp3) is 0.714. The lowest BCUT2D eigenvalue weighted by Crippen LogP contribution is -2.39. The molecule has 0 aliphatic heterocycles. The number of nitrogens with one attached hydrogen (secondary N) is 1. The van der Waals surface area contributed by atoms with Crippen LogP contribution in [0.25, 0.3) is 0 Å². The normalized spacial score (nSPS) is 41.2. The third-order valence-corrected chi connectivity index (χ3v) is 4.74. The molecule has 0 aromatic rings. The van der Waals surface area contributed by atoms with Crippen molar-refractivity contribution in [1.82, 2.24) is 5.32 Å². The molecule has 2 saturated carbocycles. The zero-order chi connectivity index (χ0) is 12.7. The van der Waals surface area contributed by atoms with Gasteiger partial charge in [0.25, 0.3) is 0 Å². The lowest BCUT2D eigenvalue weighted by atomic mass is 9.92. The van der Waals surface area contributed by atoms with Crippen LogP contribution >= 0.6 is 0 Å². The maximum atomic E-state index is 12.2. The number of aliphatic carboxylic acids is 1. The molecule has 18 heavy (non-hydrogen) atoms. The van der Waals surface area contributed by atoms with Gasteiger partial charge in [-0.2, -0.15) is 0 Å². The van der Waals surface area contributed by atoms with E-state index in [1.165, 1.54) is 0 Å². The van der Waals surface area contributed by atoms with E-state index in [4.69, 9.17) is 5.11 Å². The Labute approximate surface area is 106 Å². The smallest absolute Gasteiger partial charge is 0.306 e. The van der Waals surface area contributed by atoms with Crippen molar-refractivity contribution in [1.29, 1.82) is 0 Å². The summed E-state index contributed by atoms with van der Waals surface area (Å²) < 4.78 is 0. The highest BCUT2D eigenvalue weighted by molar-refractivity contribution is 5.80. The molecule has 3 unspecified atom stereocenters. The molecule has 0 spiro atoms. The molecule has 3 aliphatic rings. The van der Waals surface area contributed by atoms with Gasteiger partial charge in [-0.25, -0.2) is 0 Å². The monoisotopic (exact) mass is 249 g/mol. The van der Waals surface area contributed by atoms with E-state index in [0.29, 0.717) is 24.7 Å². The van der Waals surface area contributed by atoms with Gasteiger partial charge in [-0.1, -0.05) is 12.2 Å². The average Bonchev–Trinajstić information content (AvgIpc) is 3.03. The number of hydrogen-bond acceptors (Lipinski definition) is 2. The topological polar surface area (TPSA) is 66.4 Å². The Kier molecular flexibility index (Phi) is 2.88. The average molecular weight is 249 g/mol. The molecule has 0 heterocycles. The zero-order valence-corrected chi connectivity index (χ0v) is 10.3. The van der Waals surface area contributed by atoms with Crippen molar-refractivity contribution in [2.24, 2.45) is 23.7 Å². The van der Waals surface area contributed by atoms with Crippen molar-refractivity contribution < 1.29 is 14.7 Å². The first-order chi connectivity index (χ1) is 8.63. The summed E-state index contributed by atoms with van der Waals surface area (Å²) in [5.74, 6) is 0.296. The summed E-state index contributed by atoms with van der Waals surface area (Å²) in [4.78, 5) is 23.0. The highest BCUT2D eigenvalue weighted by Gasteiger charge is 2.41. The quantitative estimate of drug-likeness (QED) is 0.746. The fourth-order valence-corrected chi connectivity index (χ4v) is 3.73. The zero-order valence-electron chi connectivity index (χ0n) is 10.3. The Balaban J connectivity index is 1.53. The summed E-state index contributed by atoms with van der Waals surface area (Å²) in [5.41, 5.74) is 0. The van der Waals surface area contributed by atoms with E-state index in [1.807, 2.05) is 0 Å². The van der Waals surface area contributed by atoms with Crippen LogP contribution in [0.1, 0.15) is 32.1 Å². The van der Waals surface area contributed by atoms with Crippen LogP contribution < -0.4 is 5.32 Å².